The summed E-state index contributed by atoms with van der Waals surface area (Å²) in [6.45, 7) is -0.384. The van der Waals surface area contributed by atoms with Gasteiger partial charge in [0.2, 0.25) is 11.8 Å². The molecule has 9 nitrogen and oxygen atoms in total. The van der Waals surface area contributed by atoms with E-state index in [0.29, 0.717) is 0 Å². The number of carboxylic acid groups (broad SMARTS) is 1. The lowest BCUT2D eigenvalue weighted by Gasteiger charge is -2.35. The van der Waals surface area contributed by atoms with Gasteiger partial charge in [-0.1, -0.05) is 48.5 Å². The van der Waals surface area contributed by atoms with Gasteiger partial charge >= 0.3 is 12.1 Å². The molecule has 180 valence electrons. The highest BCUT2D eigenvalue weighted by molar-refractivity contribution is 5.91. The van der Waals surface area contributed by atoms with E-state index in [-0.39, 0.29) is 38.6 Å². The number of aliphatic carboxylic acids is 1. The van der Waals surface area contributed by atoms with Gasteiger partial charge in [0.25, 0.3) is 0 Å². The van der Waals surface area contributed by atoms with Gasteiger partial charge in [-0.3, -0.25) is 14.4 Å². The zero-order chi connectivity index (χ0) is 24.9. The second kappa shape index (κ2) is 10.3. The van der Waals surface area contributed by atoms with Crippen LogP contribution in [0.5, 0.6) is 0 Å². The van der Waals surface area contributed by atoms with E-state index in [9.17, 15) is 19.2 Å². The van der Waals surface area contributed by atoms with E-state index < -0.39 is 36.5 Å². The number of benzene rings is 2. The van der Waals surface area contributed by atoms with Gasteiger partial charge in [0.15, 0.2) is 0 Å². The first-order chi connectivity index (χ1) is 16.9. The molecule has 0 radical (unpaired) electrons. The highest BCUT2D eigenvalue weighted by atomic mass is 16.5. The van der Waals surface area contributed by atoms with Gasteiger partial charge in [-0.2, -0.15) is 0 Å². The van der Waals surface area contributed by atoms with Gasteiger partial charge in [0.05, 0.1) is 6.54 Å². The molecule has 0 bridgehead atoms. The highest BCUT2D eigenvalue weighted by Crippen LogP contribution is 2.44. The Balaban J connectivity index is 1.38. The predicted molar refractivity (Wildman–Crippen MR) is 126 cm³/mol. The Kier molecular flexibility index (Phi) is 7.01. The van der Waals surface area contributed by atoms with Gasteiger partial charge in [-0.05, 0) is 22.3 Å². The van der Waals surface area contributed by atoms with Crippen molar-refractivity contribution in [1.29, 1.82) is 0 Å². The normalized spacial score (nSPS) is 15.6. The van der Waals surface area contributed by atoms with E-state index >= 15 is 0 Å². The lowest BCUT2D eigenvalue weighted by molar-refractivity contribution is -0.150. The van der Waals surface area contributed by atoms with E-state index in [0.717, 1.165) is 22.3 Å². The Labute approximate surface area is 202 Å². The number of ether oxygens (including phenoxy) is 1. The van der Waals surface area contributed by atoms with E-state index in [2.05, 4.69) is 11.2 Å². The van der Waals surface area contributed by atoms with Crippen LogP contribution in [0.2, 0.25) is 0 Å². The van der Waals surface area contributed by atoms with Gasteiger partial charge in [-0.15, -0.1) is 12.3 Å². The number of amides is 3. The first-order valence-corrected chi connectivity index (χ1v) is 11.2. The number of nitrogens with one attached hydrogen (secondary N) is 1. The molecule has 0 saturated carbocycles. The number of terminal acetylenes is 1. The summed E-state index contributed by atoms with van der Waals surface area (Å²) in [4.78, 5) is 51.1. The number of alkyl carbamates (subject to hydrolysis) is 1. The second-order valence-electron chi connectivity index (χ2n) is 8.40. The Morgan fingerprint density at radius 3 is 2.29 bits per heavy atom. The van der Waals surface area contributed by atoms with E-state index in [4.69, 9.17) is 16.3 Å². The van der Waals surface area contributed by atoms with Crippen molar-refractivity contribution in [1.82, 2.24) is 15.1 Å². The summed E-state index contributed by atoms with van der Waals surface area (Å²) in [5, 5.41) is 11.4. The molecule has 1 heterocycles. The average molecular weight is 476 g/mol. The van der Waals surface area contributed by atoms with Crippen LogP contribution in [0.15, 0.2) is 48.5 Å². The van der Waals surface area contributed by atoms with Crippen LogP contribution in [0.4, 0.5) is 4.79 Å². The van der Waals surface area contributed by atoms with Crippen molar-refractivity contribution in [2.75, 3.05) is 32.8 Å². The number of carboxylic acids is 1. The van der Waals surface area contributed by atoms with Crippen molar-refractivity contribution in [3.8, 4) is 23.5 Å². The van der Waals surface area contributed by atoms with Crippen LogP contribution in [0.3, 0.4) is 0 Å². The van der Waals surface area contributed by atoms with Gasteiger partial charge < -0.3 is 25.0 Å². The zero-order valence-corrected chi connectivity index (χ0v) is 19.0. The molecule has 4 rings (SSSR count). The van der Waals surface area contributed by atoms with E-state index in [1.807, 2.05) is 48.5 Å². The van der Waals surface area contributed by atoms with Crippen LogP contribution >= 0.6 is 0 Å². The number of piperazine rings is 1. The minimum atomic E-state index is -1.12. The summed E-state index contributed by atoms with van der Waals surface area (Å²) >= 11 is 0. The number of carbonyl (C=O) groups is 4. The molecule has 9 heteroatoms. The van der Waals surface area contributed by atoms with Crippen LogP contribution in [-0.4, -0.2) is 77.6 Å². The number of rotatable bonds is 7. The molecule has 0 spiro atoms. The molecule has 35 heavy (non-hydrogen) atoms. The number of hydrogen-bond acceptors (Lipinski definition) is 5. The fourth-order valence-corrected chi connectivity index (χ4v) is 4.55. The third-order valence-corrected chi connectivity index (χ3v) is 6.21. The number of carbonyl (C=O) groups excluding carboxylic acids is 3. The van der Waals surface area contributed by atoms with Crippen LogP contribution in [0.1, 0.15) is 23.5 Å². The van der Waals surface area contributed by atoms with Crippen molar-refractivity contribution >= 4 is 23.9 Å². The fourth-order valence-electron chi connectivity index (χ4n) is 4.55. The summed E-state index contributed by atoms with van der Waals surface area (Å²) in [5.74, 6) is 0.124. The molecule has 2 N–H and O–H groups in total. The molecule has 3 amide bonds. The molecule has 1 aliphatic heterocycles. The Hall–Kier alpha value is -4.32. The Bertz CT molecular complexity index is 1160. The van der Waals surface area contributed by atoms with Crippen LogP contribution in [0, 0.1) is 12.3 Å². The zero-order valence-electron chi connectivity index (χ0n) is 19.0. The molecule has 0 aromatic heterocycles. The van der Waals surface area contributed by atoms with Gasteiger partial charge in [0.1, 0.15) is 19.2 Å². The van der Waals surface area contributed by atoms with Crippen LogP contribution in [0.25, 0.3) is 11.1 Å². The molecular weight excluding hydrogens is 450 g/mol. The molecule has 1 fully saturated rings. The molecular formula is C26H25N3O6. The molecule has 1 unspecified atom stereocenters. The Morgan fingerprint density at radius 1 is 1.09 bits per heavy atom. The highest BCUT2D eigenvalue weighted by Gasteiger charge is 2.33. The van der Waals surface area contributed by atoms with E-state index in [1.165, 1.54) is 9.80 Å². The van der Waals surface area contributed by atoms with Crippen LogP contribution in [-0.2, 0) is 19.1 Å². The summed E-state index contributed by atoms with van der Waals surface area (Å²) < 4.78 is 5.51. The van der Waals surface area contributed by atoms with Crippen molar-refractivity contribution in [2.24, 2.45) is 0 Å². The van der Waals surface area contributed by atoms with Crippen molar-refractivity contribution in [3.05, 3.63) is 59.7 Å². The smallest absolute Gasteiger partial charge is 0.407 e. The predicted octanol–water partition coefficient (Wildman–Crippen LogP) is 1.67. The molecule has 1 atom stereocenters. The van der Waals surface area contributed by atoms with E-state index in [1.54, 1.807) is 0 Å². The standard InChI is InChI=1S/C26H25N3O6/c1-2-7-22(25(33)29-13-12-28(15-24(31)32)23(30)14-29)27-26(34)35-16-21-19-10-5-3-8-17(19)18-9-4-6-11-20(18)21/h1,3-6,8-11,21-22H,7,12-16H2,(H,27,34)(H,31,32). The largest absolute Gasteiger partial charge is 0.480 e. The molecule has 2 aromatic rings. The monoisotopic (exact) mass is 475 g/mol. The molecule has 1 saturated heterocycles. The molecule has 2 aromatic carbocycles. The number of hydrogen-bond donors (Lipinski definition) is 2. The maximum absolute atomic E-state index is 13.0. The number of nitrogens with zero attached hydrogens (tertiary/aromatic N) is 2. The first-order valence-electron chi connectivity index (χ1n) is 11.2. The fraction of sp³-hybridized carbons (Fsp3) is 0.308. The Morgan fingerprint density at radius 2 is 1.71 bits per heavy atom. The third kappa shape index (κ3) is 5.11. The topological polar surface area (TPSA) is 116 Å². The van der Waals surface area contributed by atoms with Crippen molar-refractivity contribution < 1.29 is 29.0 Å². The van der Waals surface area contributed by atoms with Gasteiger partial charge in [-0.25, -0.2) is 4.79 Å². The van der Waals surface area contributed by atoms with Crippen LogP contribution < -0.4 is 5.32 Å². The number of fused-ring (bicyclic) bond motifs is 3. The SMILES string of the molecule is C#CCC(NC(=O)OCC1c2ccccc2-c2ccccc21)C(=O)N1CCN(CC(=O)O)C(=O)C1. The van der Waals surface area contributed by atoms with Crippen molar-refractivity contribution in [2.45, 2.75) is 18.4 Å². The lowest BCUT2D eigenvalue weighted by atomic mass is 9.98. The van der Waals surface area contributed by atoms with Gasteiger partial charge in [0, 0.05) is 25.4 Å². The summed E-state index contributed by atoms with van der Waals surface area (Å²) in [5.41, 5.74) is 4.33. The summed E-state index contributed by atoms with van der Waals surface area (Å²) in [7, 11) is 0. The minimum absolute atomic E-state index is 0.0768. The van der Waals surface area contributed by atoms with Crippen molar-refractivity contribution in [3.63, 3.8) is 0 Å². The maximum atomic E-state index is 13.0. The molecule has 2 aliphatic rings. The quantitative estimate of drug-likeness (QED) is 0.589. The first kappa shape index (κ1) is 23.8. The summed E-state index contributed by atoms with van der Waals surface area (Å²) in [6, 6.07) is 14.8. The minimum Gasteiger partial charge on any atom is -0.480 e. The molecule has 1 aliphatic carbocycles. The second-order valence-corrected chi connectivity index (χ2v) is 8.40. The third-order valence-electron chi connectivity index (χ3n) is 6.21. The summed E-state index contributed by atoms with van der Waals surface area (Å²) in [6.07, 6.45) is 4.55. The maximum Gasteiger partial charge on any atom is 0.407 e. The lowest BCUT2D eigenvalue weighted by Crippen LogP contribution is -2.57. The average Bonchev–Trinajstić information content (AvgIpc) is 3.17.